The summed E-state index contributed by atoms with van der Waals surface area (Å²) in [5, 5.41) is 11.3. The van der Waals surface area contributed by atoms with Crippen LogP contribution >= 0.6 is 0 Å². The van der Waals surface area contributed by atoms with Crippen molar-refractivity contribution in [1.82, 2.24) is 14.5 Å². The minimum absolute atomic E-state index is 0.0265. The molecule has 58 heavy (non-hydrogen) atoms. The van der Waals surface area contributed by atoms with E-state index in [2.05, 4.69) is 221 Å². The summed E-state index contributed by atoms with van der Waals surface area (Å²) in [5.41, 5.74) is 13.9. The van der Waals surface area contributed by atoms with Crippen molar-refractivity contribution in [3.63, 3.8) is 0 Å². The Balaban J connectivity index is 0.966. The van der Waals surface area contributed by atoms with E-state index in [-0.39, 0.29) is 6.04 Å². The highest BCUT2D eigenvalue weighted by Crippen LogP contribution is 2.41. The molecule has 4 heteroatoms. The van der Waals surface area contributed by atoms with E-state index in [1.165, 1.54) is 76.6 Å². The SMILES string of the molecule is c1ccc(C2NC(c3ccc(-n4c5ccccc5c5cc(-c6ccc7c(c6)c6c8ccccc8ccc6n7-c6ccccc6)ccc54)cc3)=Nc3ccccc32)cc1. The molecule has 0 amide bonds. The summed E-state index contributed by atoms with van der Waals surface area (Å²) in [4.78, 5) is 5.09. The van der Waals surface area contributed by atoms with Gasteiger partial charge in [0, 0.05) is 44.0 Å². The zero-order chi connectivity index (χ0) is 38.2. The predicted octanol–water partition coefficient (Wildman–Crippen LogP) is 13.5. The van der Waals surface area contributed by atoms with Crippen molar-refractivity contribution in [1.29, 1.82) is 0 Å². The van der Waals surface area contributed by atoms with E-state index < -0.39 is 0 Å². The van der Waals surface area contributed by atoms with Crippen LogP contribution in [0.2, 0.25) is 0 Å². The fourth-order valence-corrected chi connectivity index (χ4v) is 9.28. The summed E-state index contributed by atoms with van der Waals surface area (Å²) >= 11 is 0. The number of benzene rings is 9. The lowest BCUT2D eigenvalue weighted by Crippen LogP contribution is -2.32. The molecule has 3 heterocycles. The molecule has 1 unspecified atom stereocenters. The lowest BCUT2D eigenvalue weighted by molar-refractivity contribution is 0.749. The van der Waals surface area contributed by atoms with Crippen LogP contribution in [0.1, 0.15) is 22.7 Å². The summed E-state index contributed by atoms with van der Waals surface area (Å²) in [5.74, 6) is 0.878. The normalized spacial score (nSPS) is 13.9. The molecule has 272 valence electrons. The Morgan fingerprint density at radius 3 is 1.78 bits per heavy atom. The largest absolute Gasteiger partial charge is 0.359 e. The molecule has 11 aromatic rings. The Morgan fingerprint density at radius 2 is 0.966 bits per heavy atom. The Hall–Kier alpha value is -7.69. The first-order valence-corrected chi connectivity index (χ1v) is 19.9. The van der Waals surface area contributed by atoms with Crippen molar-refractivity contribution < 1.29 is 0 Å². The highest BCUT2D eigenvalue weighted by Gasteiger charge is 2.24. The monoisotopic (exact) mass is 740 g/mol. The van der Waals surface area contributed by atoms with Gasteiger partial charge in [-0.3, -0.25) is 0 Å². The number of aliphatic imine (C=N–C) groups is 1. The molecule has 1 N–H and O–H groups in total. The van der Waals surface area contributed by atoms with Crippen LogP contribution in [-0.2, 0) is 0 Å². The lowest BCUT2D eigenvalue weighted by atomic mass is 9.95. The first-order valence-electron chi connectivity index (χ1n) is 19.9. The van der Waals surface area contributed by atoms with Gasteiger partial charge in [-0.05, 0) is 106 Å². The van der Waals surface area contributed by atoms with Crippen LogP contribution in [-0.4, -0.2) is 15.0 Å². The Bertz CT molecular complexity index is 3410. The maximum absolute atomic E-state index is 5.09. The van der Waals surface area contributed by atoms with Crippen LogP contribution in [0.3, 0.4) is 0 Å². The highest BCUT2D eigenvalue weighted by atomic mass is 15.1. The van der Waals surface area contributed by atoms with Crippen LogP contribution < -0.4 is 5.32 Å². The zero-order valence-electron chi connectivity index (χ0n) is 31.5. The van der Waals surface area contributed by atoms with Crippen LogP contribution in [0.4, 0.5) is 5.69 Å². The number of aromatic nitrogens is 2. The van der Waals surface area contributed by atoms with Crippen LogP contribution in [0, 0.1) is 0 Å². The van der Waals surface area contributed by atoms with Gasteiger partial charge in [0.05, 0.1) is 33.8 Å². The fraction of sp³-hybridized carbons (Fsp3) is 0.0185. The van der Waals surface area contributed by atoms with Crippen molar-refractivity contribution in [3.05, 3.63) is 223 Å². The molecule has 0 saturated carbocycles. The fourth-order valence-electron chi connectivity index (χ4n) is 9.28. The number of hydrogen-bond donors (Lipinski definition) is 1. The molecule has 1 aliphatic heterocycles. The summed E-state index contributed by atoms with van der Waals surface area (Å²) < 4.78 is 4.79. The van der Waals surface area contributed by atoms with Gasteiger partial charge in [-0.15, -0.1) is 0 Å². The topological polar surface area (TPSA) is 34.2 Å². The van der Waals surface area contributed by atoms with E-state index >= 15 is 0 Å². The second-order valence-electron chi connectivity index (χ2n) is 15.2. The van der Waals surface area contributed by atoms with Crippen molar-refractivity contribution in [2.75, 3.05) is 0 Å². The average Bonchev–Trinajstić information content (AvgIpc) is 3.82. The quantitative estimate of drug-likeness (QED) is 0.187. The molecule has 0 fully saturated rings. The molecule has 0 aliphatic carbocycles. The molecule has 12 rings (SSSR count). The summed E-state index contributed by atoms with van der Waals surface area (Å²) in [6, 6.07) is 74.5. The molecular weight excluding hydrogens is 705 g/mol. The minimum atomic E-state index is 0.0265. The maximum Gasteiger partial charge on any atom is 0.134 e. The molecule has 0 bridgehead atoms. The van der Waals surface area contributed by atoms with Crippen molar-refractivity contribution in [2.45, 2.75) is 6.04 Å². The molecular formula is C54H36N4. The third kappa shape index (κ3) is 5.05. The molecule has 1 aliphatic rings. The van der Waals surface area contributed by atoms with E-state index in [1.54, 1.807) is 0 Å². The van der Waals surface area contributed by atoms with E-state index in [0.717, 1.165) is 28.5 Å². The number of amidine groups is 1. The molecule has 0 spiro atoms. The molecule has 9 aromatic carbocycles. The molecule has 0 saturated heterocycles. The summed E-state index contributed by atoms with van der Waals surface area (Å²) in [6.45, 7) is 0. The van der Waals surface area contributed by atoms with Gasteiger partial charge in [-0.25, -0.2) is 4.99 Å². The Morgan fingerprint density at radius 1 is 0.397 bits per heavy atom. The molecule has 1 atom stereocenters. The highest BCUT2D eigenvalue weighted by molar-refractivity contribution is 6.22. The van der Waals surface area contributed by atoms with E-state index in [9.17, 15) is 0 Å². The lowest BCUT2D eigenvalue weighted by Gasteiger charge is -2.27. The second-order valence-corrected chi connectivity index (χ2v) is 15.2. The third-order valence-corrected chi connectivity index (χ3v) is 12.0. The zero-order valence-corrected chi connectivity index (χ0v) is 31.5. The van der Waals surface area contributed by atoms with Gasteiger partial charge in [0.2, 0.25) is 0 Å². The van der Waals surface area contributed by atoms with Gasteiger partial charge in [0.1, 0.15) is 5.84 Å². The van der Waals surface area contributed by atoms with E-state index in [4.69, 9.17) is 4.99 Å². The first kappa shape index (κ1) is 32.5. The number of rotatable bonds is 5. The maximum atomic E-state index is 5.09. The molecule has 2 aromatic heterocycles. The van der Waals surface area contributed by atoms with Gasteiger partial charge in [0.25, 0.3) is 0 Å². The minimum Gasteiger partial charge on any atom is -0.359 e. The van der Waals surface area contributed by atoms with E-state index in [0.29, 0.717) is 0 Å². The van der Waals surface area contributed by atoms with Crippen LogP contribution in [0.25, 0.3) is 76.9 Å². The Kier molecular flexibility index (Phi) is 7.26. The predicted molar refractivity (Wildman–Crippen MR) is 242 cm³/mol. The Labute approximate surface area is 335 Å². The third-order valence-electron chi connectivity index (χ3n) is 12.0. The van der Waals surface area contributed by atoms with Crippen molar-refractivity contribution in [3.8, 4) is 22.5 Å². The molecule has 0 radical (unpaired) electrons. The first-order chi connectivity index (χ1) is 28.8. The number of hydrogen-bond acceptors (Lipinski definition) is 2. The van der Waals surface area contributed by atoms with Gasteiger partial charge < -0.3 is 14.5 Å². The van der Waals surface area contributed by atoms with Crippen LogP contribution in [0.5, 0.6) is 0 Å². The molecule has 4 nitrogen and oxygen atoms in total. The number of para-hydroxylation sites is 3. The van der Waals surface area contributed by atoms with Gasteiger partial charge >= 0.3 is 0 Å². The second kappa shape index (κ2) is 12.9. The summed E-state index contributed by atoms with van der Waals surface area (Å²) in [7, 11) is 0. The van der Waals surface area contributed by atoms with Crippen LogP contribution in [0.15, 0.2) is 211 Å². The summed E-state index contributed by atoms with van der Waals surface area (Å²) in [6.07, 6.45) is 0. The van der Waals surface area contributed by atoms with Gasteiger partial charge in [-0.1, -0.05) is 127 Å². The number of fused-ring (bicyclic) bond motifs is 9. The number of nitrogens with one attached hydrogen (secondary N) is 1. The van der Waals surface area contributed by atoms with Gasteiger partial charge in [-0.2, -0.15) is 0 Å². The van der Waals surface area contributed by atoms with Gasteiger partial charge in [0.15, 0.2) is 0 Å². The van der Waals surface area contributed by atoms with E-state index in [1.807, 2.05) is 0 Å². The standard InChI is InChI=1S/C54H36N4/c1-3-14-36(15-4-1)53-44-20-9-11-21-47(44)55-54(56-53)37-23-28-41(29-24-37)57-48-22-12-10-19-43(48)45-33-38(26-30-49(45)57)39-27-31-50-46(34-39)52-42-18-8-7-13-35(42)25-32-51(52)58(50)40-16-5-2-6-17-40/h1-34,53H,(H,55,56). The van der Waals surface area contributed by atoms with Crippen molar-refractivity contribution >= 4 is 65.9 Å². The number of nitrogens with zero attached hydrogens (tertiary/aromatic N) is 3. The van der Waals surface area contributed by atoms with Crippen molar-refractivity contribution in [2.24, 2.45) is 4.99 Å². The smallest absolute Gasteiger partial charge is 0.134 e. The average molecular weight is 741 g/mol.